The molecule has 0 unspecified atom stereocenters. The van der Waals surface area contributed by atoms with Gasteiger partial charge in [-0.2, -0.15) is 0 Å². The van der Waals surface area contributed by atoms with Crippen LogP contribution in [0.15, 0.2) is 24.3 Å². The number of methoxy groups -OCH3 is 2. The number of aryl methyl sites for hydroxylation is 1. The van der Waals surface area contributed by atoms with Gasteiger partial charge in [-0.25, -0.2) is 0 Å². The SMILES string of the molecule is COCCN(CCOC)C(=O)Cc1cccc(C)c1. The predicted molar refractivity (Wildman–Crippen MR) is 75.2 cm³/mol. The van der Waals surface area contributed by atoms with Crippen LogP contribution >= 0.6 is 0 Å². The molecule has 0 aliphatic heterocycles. The first kappa shape index (κ1) is 15.7. The van der Waals surface area contributed by atoms with Crippen molar-refractivity contribution in [1.82, 2.24) is 4.90 Å². The van der Waals surface area contributed by atoms with Gasteiger partial charge in [-0.05, 0) is 12.5 Å². The third kappa shape index (κ3) is 5.85. The highest BCUT2D eigenvalue weighted by Gasteiger charge is 2.13. The number of carbonyl (C=O) groups is 1. The van der Waals surface area contributed by atoms with E-state index in [1.807, 2.05) is 31.2 Å². The van der Waals surface area contributed by atoms with Gasteiger partial charge in [0.25, 0.3) is 0 Å². The van der Waals surface area contributed by atoms with Crippen molar-refractivity contribution in [2.24, 2.45) is 0 Å². The molecule has 1 aromatic rings. The van der Waals surface area contributed by atoms with Gasteiger partial charge >= 0.3 is 0 Å². The Morgan fingerprint density at radius 3 is 2.32 bits per heavy atom. The van der Waals surface area contributed by atoms with Crippen molar-refractivity contribution in [3.63, 3.8) is 0 Å². The highest BCUT2D eigenvalue weighted by molar-refractivity contribution is 5.78. The number of benzene rings is 1. The Hall–Kier alpha value is -1.39. The molecule has 0 radical (unpaired) electrons. The van der Waals surface area contributed by atoms with Gasteiger partial charge in [0, 0.05) is 27.3 Å². The minimum absolute atomic E-state index is 0.111. The van der Waals surface area contributed by atoms with Crippen LogP contribution in [0.25, 0.3) is 0 Å². The summed E-state index contributed by atoms with van der Waals surface area (Å²) in [7, 11) is 3.28. The number of ether oxygens (including phenoxy) is 2. The van der Waals surface area contributed by atoms with E-state index < -0.39 is 0 Å². The summed E-state index contributed by atoms with van der Waals surface area (Å²) < 4.78 is 10.1. The predicted octanol–water partition coefficient (Wildman–Crippen LogP) is 1.66. The van der Waals surface area contributed by atoms with E-state index in [0.29, 0.717) is 32.7 Å². The molecular formula is C15H23NO3. The van der Waals surface area contributed by atoms with Gasteiger partial charge < -0.3 is 14.4 Å². The quantitative estimate of drug-likeness (QED) is 0.717. The van der Waals surface area contributed by atoms with E-state index in [1.165, 1.54) is 5.56 Å². The van der Waals surface area contributed by atoms with Crippen LogP contribution in [0.1, 0.15) is 11.1 Å². The fraction of sp³-hybridized carbons (Fsp3) is 0.533. The third-order valence-corrected chi connectivity index (χ3v) is 2.92. The normalized spacial score (nSPS) is 10.5. The molecule has 0 fully saturated rings. The van der Waals surface area contributed by atoms with E-state index in [0.717, 1.165) is 5.56 Å². The summed E-state index contributed by atoms with van der Waals surface area (Å²) >= 11 is 0. The van der Waals surface area contributed by atoms with Crippen LogP contribution in [0, 0.1) is 6.92 Å². The minimum atomic E-state index is 0.111. The topological polar surface area (TPSA) is 38.8 Å². The van der Waals surface area contributed by atoms with Crippen molar-refractivity contribution in [2.75, 3.05) is 40.5 Å². The van der Waals surface area contributed by atoms with Crippen molar-refractivity contribution in [3.8, 4) is 0 Å². The van der Waals surface area contributed by atoms with Gasteiger partial charge in [0.2, 0.25) is 5.91 Å². The van der Waals surface area contributed by atoms with E-state index in [4.69, 9.17) is 9.47 Å². The van der Waals surface area contributed by atoms with Crippen molar-refractivity contribution in [2.45, 2.75) is 13.3 Å². The van der Waals surface area contributed by atoms with Crippen LogP contribution in [0.2, 0.25) is 0 Å². The van der Waals surface area contributed by atoms with Gasteiger partial charge in [-0.3, -0.25) is 4.79 Å². The first-order chi connectivity index (χ1) is 9.17. The molecule has 0 atom stereocenters. The molecule has 1 rings (SSSR count). The van der Waals surface area contributed by atoms with Crippen LogP contribution in [-0.4, -0.2) is 51.3 Å². The lowest BCUT2D eigenvalue weighted by Gasteiger charge is -2.22. The lowest BCUT2D eigenvalue weighted by molar-refractivity contribution is -0.131. The lowest BCUT2D eigenvalue weighted by Crippen LogP contribution is -2.37. The second-order valence-corrected chi connectivity index (χ2v) is 4.53. The molecule has 0 bridgehead atoms. The maximum Gasteiger partial charge on any atom is 0.227 e. The van der Waals surface area contributed by atoms with E-state index in [2.05, 4.69) is 0 Å². The highest BCUT2D eigenvalue weighted by atomic mass is 16.5. The number of amides is 1. The van der Waals surface area contributed by atoms with Crippen LogP contribution in [0.5, 0.6) is 0 Å². The molecule has 106 valence electrons. The molecule has 1 amide bonds. The molecule has 0 spiro atoms. The van der Waals surface area contributed by atoms with Crippen LogP contribution in [0.3, 0.4) is 0 Å². The molecule has 0 saturated carbocycles. The summed E-state index contributed by atoms with van der Waals surface area (Å²) in [6, 6.07) is 8.03. The molecule has 4 nitrogen and oxygen atoms in total. The van der Waals surface area contributed by atoms with Crippen molar-refractivity contribution in [3.05, 3.63) is 35.4 Å². The Labute approximate surface area is 115 Å². The van der Waals surface area contributed by atoms with E-state index >= 15 is 0 Å². The van der Waals surface area contributed by atoms with Crippen LogP contribution < -0.4 is 0 Å². The summed E-state index contributed by atoms with van der Waals surface area (Å²) in [6.07, 6.45) is 0.426. The zero-order chi connectivity index (χ0) is 14.1. The number of nitrogens with zero attached hydrogens (tertiary/aromatic N) is 1. The molecule has 0 N–H and O–H groups in total. The number of hydrogen-bond donors (Lipinski definition) is 0. The van der Waals surface area contributed by atoms with Gasteiger partial charge in [-0.15, -0.1) is 0 Å². The van der Waals surface area contributed by atoms with Crippen molar-refractivity contribution in [1.29, 1.82) is 0 Å². The Kier molecular flexibility index (Phi) is 7.15. The van der Waals surface area contributed by atoms with Crippen molar-refractivity contribution >= 4 is 5.91 Å². The molecule has 0 aromatic heterocycles. The van der Waals surface area contributed by atoms with Gasteiger partial charge in [-0.1, -0.05) is 29.8 Å². The van der Waals surface area contributed by atoms with Crippen molar-refractivity contribution < 1.29 is 14.3 Å². The average Bonchev–Trinajstić information content (AvgIpc) is 2.38. The number of hydrogen-bond acceptors (Lipinski definition) is 3. The molecule has 1 aromatic carbocycles. The zero-order valence-corrected chi connectivity index (χ0v) is 12.0. The summed E-state index contributed by atoms with van der Waals surface area (Å²) in [6.45, 7) is 4.32. The molecule has 4 heteroatoms. The summed E-state index contributed by atoms with van der Waals surface area (Å²) in [5.74, 6) is 0.111. The van der Waals surface area contributed by atoms with Crippen LogP contribution in [0.4, 0.5) is 0 Å². The van der Waals surface area contributed by atoms with Gasteiger partial charge in [0.05, 0.1) is 19.6 Å². The third-order valence-electron chi connectivity index (χ3n) is 2.92. The van der Waals surface area contributed by atoms with E-state index in [9.17, 15) is 4.79 Å². The Bertz CT molecular complexity index is 385. The lowest BCUT2D eigenvalue weighted by atomic mass is 10.1. The Morgan fingerprint density at radius 2 is 1.79 bits per heavy atom. The fourth-order valence-electron chi connectivity index (χ4n) is 1.87. The minimum Gasteiger partial charge on any atom is -0.383 e. The summed E-state index contributed by atoms with van der Waals surface area (Å²) in [5.41, 5.74) is 2.22. The first-order valence-corrected chi connectivity index (χ1v) is 6.48. The summed E-state index contributed by atoms with van der Waals surface area (Å²) in [4.78, 5) is 14.0. The second kappa shape index (κ2) is 8.67. The molecule has 0 heterocycles. The number of carbonyl (C=O) groups excluding carboxylic acids is 1. The van der Waals surface area contributed by atoms with E-state index in [1.54, 1.807) is 19.1 Å². The monoisotopic (exact) mass is 265 g/mol. The maximum absolute atomic E-state index is 12.3. The number of rotatable bonds is 8. The second-order valence-electron chi connectivity index (χ2n) is 4.53. The standard InChI is InChI=1S/C15H23NO3/c1-13-5-4-6-14(11-13)12-15(17)16(7-9-18-2)8-10-19-3/h4-6,11H,7-10,12H2,1-3H3. The smallest absolute Gasteiger partial charge is 0.227 e. The largest absolute Gasteiger partial charge is 0.383 e. The molecule has 0 aliphatic rings. The van der Waals surface area contributed by atoms with Gasteiger partial charge in [0.15, 0.2) is 0 Å². The average molecular weight is 265 g/mol. The first-order valence-electron chi connectivity index (χ1n) is 6.48. The fourth-order valence-corrected chi connectivity index (χ4v) is 1.87. The molecule has 0 aliphatic carbocycles. The maximum atomic E-state index is 12.3. The Balaban J connectivity index is 2.59. The summed E-state index contributed by atoms with van der Waals surface area (Å²) in [5, 5.41) is 0. The van der Waals surface area contributed by atoms with E-state index in [-0.39, 0.29) is 5.91 Å². The highest BCUT2D eigenvalue weighted by Crippen LogP contribution is 2.06. The molecular weight excluding hydrogens is 242 g/mol. The van der Waals surface area contributed by atoms with Crippen LogP contribution in [-0.2, 0) is 20.7 Å². The van der Waals surface area contributed by atoms with Gasteiger partial charge in [0.1, 0.15) is 0 Å². The molecule has 19 heavy (non-hydrogen) atoms. The molecule has 0 saturated heterocycles. The Morgan fingerprint density at radius 1 is 1.16 bits per heavy atom. The zero-order valence-electron chi connectivity index (χ0n) is 12.0.